The van der Waals surface area contributed by atoms with E-state index in [0.29, 0.717) is 12.5 Å². The normalized spacial score (nSPS) is 20.9. The van der Waals surface area contributed by atoms with Gasteiger partial charge in [-0.15, -0.1) is 11.3 Å². The van der Waals surface area contributed by atoms with Gasteiger partial charge in [0.2, 0.25) is 5.91 Å². The Kier molecular flexibility index (Phi) is 6.80. The highest BCUT2D eigenvalue weighted by atomic mass is 32.1. The third-order valence-electron chi connectivity index (χ3n) is 6.10. The molecule has 1 aromatic heterocycles. The van der Waals surface area contributed by atoms with E-state index < -0.39 is 0 Å². The number of amides is 1. The van der Waals surface area contributed by atoms with Crippen LogP contribution in [0.5, 0.6) is 0 Å². The summed E-state index contributed by atoms with van der Waals surface area (Å²) in [6, 6.07) is 12.9. The maximum Gasteiger partial charge on any atom is 0.237 e. The molecular weight excluding hydrogens is 378 g/mol. The molecule has 0 saturated carbocycles. The number of benzene rings is 1. The van der Waals surface area contributed by atoms with Gasteiger partial charge in [-0.25, -0.2) is 0 Å². The lowest BCUT2D eigenvalue weighted by atomic mass is 9.97. The van der Waals surface area contributed by atoms with Crippen molar-refractivity contribution in [2.24, 2.45) is 0 Å². The number of rotatable bonds is 6. The molecular formula is C24H31N3OS. The molecule has 1 saturated heterocycles. The van der Waals surface area contributed by atoms with Crippen LogP contribution < -0.4 is 0 Å². The monoisotopic (exact) mass is 409 g/mol. The molecule has 2 aliphatic heterocycles. The zero-order valence-electron chi connectivity index (χ0n) is 17.3. The highest BCUT2D eigenvalue weighted by Crippen LogP contribution is 2.35. The first-order chi connectivity index (χ1) is 14.2. The fourth-order valence-corrected chi connectivity index (χ4v) is 5.38. The molecule has 0 aliphatic carbocycles. The van der Waals surface area contributed by atoms with Gasteiger partial charge in [-0.1, -0.05) is 49.4 Å². The Bertz CT molecular complexity index is 824. The minimum absolute atomic E-state index is 0.266. The molecule has 3 heterocycles. The smallest absolute Gasteiger partial charge is 0.237 e. The molecule has 0 N–H and O–H groups in total. The molecule has 0 bridgehead atoms. The van der Waals surface area contributed by atoms with E-state index in [2.05, 4.69) is 69.5 Å². The van der Waals surface area contributed by atoms with Crippen molar-refractivity contribution in [3.05, 3.63) is 63.9 Å². The SMILES string of the molecule is CCC1c2ccsc2CCN1C(=O)CN1CCN(C/C=C/c2ccccc2)CC1. The number of piperazine rings is 1. The lowest BCUT2D eigenvalue weighted by Crippen LogP contribution is -2.51. The van der Waals surface area contributed by atoms with Gasteiger partial charge < -0.3 is 4.90 Å². The zero-order valence-corrected chi connectivity index (χ0v) is 18.1. The van der Waals surface area contributed by atoms with E-state index in [9.17, 15) is 4.79 Å². The predicted octanol–water partition coefficient (Wildman–Crippen LogP) is 3.91. The Morgan fingerprint density at radius 1 is 1.07 bits per heavy atom. The molecule has 0 spiro atoms. The van der Waals surface area contributed by atoms with E-state index in [1.807, 2.05) is 17.4 Å². The molecule has 0 radical (unpaired) electrons. The summed E-state index contributed by atoms with van der Waals surface area (Å²) in [5, 5.41) is 2.17. The second kappa shape index (κ2) is 9.70. The minimum atomic E-state index is 0.266. The van der Waals surface area contributed by atoms with Crippen molar-refractivity contribution >= 4 is 23.3 Å². The number of fused-ring (bicyclic) bond motifs is 1. The second-order valence-corrected chi connectivity index (χ2v) is 8.95. The van der Waals surface area contributed by atoms with Gasteiger partial charge in [0.15, 0.2) is 0 Å². The summed E-state index contributed by atoms with van der Waals surface area (Å²) in [6.07, 6.45) is 6.44. The summed E-state index contributed by atoms with van der Waals surface area (Å²) >= 11 is 1.84. The molecule has 29 heavy (non-hydrogen) atoms. The Hall–Kier alpha value is -1.95. The van der Waals surface area contributed by atoms with Gasteiger partial charge in [-0.05, 0) is 35.4 Å². The number of carbonyl (C=O) groups is 1. The predicted molar refractivity (Wildman–Crippen MR) is 121 cm³/mol. The first kappa shape index (κ1) is 20.3. The number of hydrogen-bond donors (Lipinski definition) is 0. The first-order valence-corrected chi connectivity index (χ1v) is 11.6. The quantitative estimate of drug-likeness (QED) is 0.724. The van der Waals surface area contributed by atoms with E-state index in [0.717, 1.165) is 52.1 Å². The molecule has 1 amide bonds. The highest BCUT2D eigenvalue weighted by molar-refractivity contribution is 7.10. The molecule has 1 atom stereocenters. The fourth-order valence-electron chi connectivity index (χ4n) is 4.45. The summed E-state index contributed by atoms with van der Waals surface area (Å²) in [5.41, 5.74) is 2.63. The van der Waals surface area contributed by atoms with Gasteiger partial charge in [-0.2, -0.15) is 0 Å². The Morgan fingerprint density at radius 2 is 1.83 bits per heavy atom. The number of hydrogen-bond acceptors (Lipinski definition) is 4. The van der Waals surface area contributed by atoms with Gasteiger partial charge in [0.1, 0.15) is 0 Å². The van der Waals surface area contributed by atoms with Crippen LogP contribution in [0, 0.1) is 0 Å². The van der Waals surface area contributed by atoms with E-state index in [-0.39, 0.29) is 6.04 Å². The van der Waals surface area contributed by atoms with Crippen LogP contribution in [0.3, 0.4) is 0 Å². The van der Waals surface area contributed by atoms with E-state index >= 15 is 0 Å². The lowest BCUT2D eigenvalue weighted by molar-refractivity contribution is -0.135. The molecule has 2 aromatic rings. The highest BCUT2D eigenvalue weighted by Gasteiger charge is 2.31. The Morgan fingerprint density at radius 3 is 2.59 bits per heavy atom. The number of nitrogens with zero attached hydrogens (tertiary/aromatic N) is 3. The zero-order chi connectivity index (χ0) is 20.1. The molecule has 1 unspecified atom stereocenters. The molecule has 5 heteroatoms. The van der Waals surface area contributed by atoms with Gasteiger partial charge >= 0.3 is 0 Å². The topological polar surface area (TPSA) is 26.8 Å². The maximum atomic E-state index is 13.0. The second-order valence-electron chi connectivity index (χ2n) is 7.95. The Labute approximate surface area is 178 Å². The largest absolute Gasteiger partial charge is 0.334 e. The van der Waals surface area contributed by atoms with Gasteiger partial charge in [0, 0.05) is 44.1 Å². The standard InChI is InChI=1S/C24H31N3OS/c1-2-22-21-11-18-29-23(21)10-13-27(22)24(28)19-26-16-14-25(15-17-26)12-6-9-20-7-4-3-5-8-20/h3-9,11,18,22H,2,10,12-17,19H2,1H3/b9-6+. The van der Waals surface area contributed by atoms with Crippen molar-refractivity contribution in [1.29, 1.82) is 0 Å². The van der Waals surface area contributed by atoms with Crippen molar-refractivity contribution in [2.45, 2.75) is 25.8 Å². The van der Waals surface area contributed by atoms with E-state index in [1.54, 1.807) is 0 Å². The molecule has 4 rings (SSSR count). The molecule has 2 aliphatic rings. The number of carbonyl (C=O) groups excluding carboxylic acids is 1. The fraction of sp³-hybridized carbons (Fsp3) is 0.458. The van der Waals surface area contributed by atoms with Gasteiger partial charge in [0.25, 0.3) is 0 Å². The van der Waals surface area contributed by atoms with Crippen LogP contribution in [0.1, 0.15) is 35.4 Å². The third kappa shape index (κ3) is 4.97. The Balaban J connectivity index is 1.24. The summed E-state index contributed by atoms with van der Waals surface area (Å²) in [4.78, 5) is 21.4. The van der Waals surface area contributed by atoms with Crippen LogP contribution in [0.15, 0.2) is 47.9 Å². The van der Waals surface area contributed by atoms with Crippen molar-refractivity contribution in [2.75, 3.05) is 45.8 Å². The van der Waals surface area contributed by atoms with Crippen molar-refractivity contribution in [1.82, 2.24) is 14.7 Å². The van der Waals surface area contributed by atoms with Crippen LogP contribution in [-0.2, 0) is 11.2 Å². The molecule has 154 valence electrons. The summed E-state index contributed by atoms with van der Waals surface area (Å²) in [6.45, 7) is 8.59. The molecule has 1 aromatic carbocycles. The van der Waals surface area contributed by atoms with Crippen LogP contribution in [-0.4, -0.2) is 66.4 Å². The van der Waals surface area contributed by atoms with Gasteiger partial charge in [0.05, 0.1) is 12.6 Å². The van der Waals surface area contributed by atoms with E-state index in [4.69, 9.17) is 0 Å². The average Bonchev–Trinajstić information content (AvgIpc) is 3.24. The van der Waals surface area contributed by atoms with Gasteiger partial charge in [-0.3, -0.25) is 14.6 Å². The lowest BCUT2D eigenvalue weighted by Gasteiger charge is -2.38. The van der Waals surface area contributed by atoms with Crippen LogP contribution in [0.2, 0.25) is 0 Å². The van der Waals surface area contributed by atoms with E-state index in [1.165, 1.54) is 16.0 Å². The minimum Gasteiger partial charge on any atom is -0.334 e. The summed E-state index contributed by atoms with van der Waals surface area (Å²) < 4.78 is 0. The number of thiophene rings is 1. The maximum absolute atomic E-state index is 13.0. The van der Waals surface area contributed by atoms with Crippen LogP contribution >= 0.6 is 11.3 Å². The van der Waals surface area contributed by atoms with Crippen molar-refractivity contribution in [3.63, 3.8) is 0 Å². The molecule has 1 fully saturated rings. The summed E-state index contributed by atoms with van der Waals surface area (Å²) in [5.74, 6) is 0.297. The van der Waals surface area contributed by atoms with Crippen molar-refractivity contribution < 1.29 is 4.79 Å². The first-order valence-electron chi connectivity index (χ1n) is 10.8. The van der Waals surface area contributed by atoms with Crippen molar-refractivity contribution in [3.8, 4) is 0 Å². The third-order valence-corrected chi connectivity index (χ3v) is 7.10. The van der Waals surface area contributed by atoms with Crippen LogP contribution in [0.4, 0.5) is 0 Å². The average molecular weight is 410 g/mol. The van der Waals surface area contributed by atoms with Crippen LogP contribution in [0.25, 0.3) is 6.08 Å². The summed E-state index contributed by atoms with van der Waals surface area (Å²) in [7, 11) is 0. The molecule has 4 nitrogen and oxygen atoms in total.